The first-order valence-corrected chi connectivity index (χ1v) is 6.58. The molecule has 1 aromatic carbocycles. The minimum Gasteiger partial charge on any atom is -0.423 e. The number of hydrogen-bond donors (Lipinski definition) is 2. The van der Waals surface area contributed by atoms with Crippen molar-refractivity contribution >= 4 is 23.6 Å². The number of imidazole rings is 1. The topological polar surface area (TPSA) is 58.3 Å². The van der Waals surface area contributed by atoms with Crippen LogP contribution >= 0.6 is 0 Å². The maximum atomic E-state index is 9.16. The van der Waals surface area contributed by atoms with Crippen LogP contribution in [-0.2, 0) is 0 Å². The molecule has 0 saturated heterocycles. The highest BCUT2D eigenvalue weighted by atomic mass is 16.4. The van der Waals surface area contributed by atoms with Gasteiger partial charge >= 0.3 is 7.12 Å². The summed E-state index contributed by atoms with van der Waals surface area (Å²) in [5.74, 6) is 0. The van der Waals surface area contributed by atoms with Crippen LogP contribution in [0.2, 0.25) is 0 Å². The minimum atomic E-state index is -1.42. The highest BCUT2D eigenvalue weighted by Crippen LogP contribution is 2.30. The van der Waals surface area contributed by atoms with E-state index < -0.39 is 7.12 Å². The van der Waals surface area contributed by atoms with Crippen molar-refractivity contribution in [3.05, 3.63) is 24.5 Å². The fourth-order valence-electron chi connectivity index (χ4n) is 2.86. The van der Waals surface area contributed by atoms with Gasteiger partial charge in [0.2, 0.25) is 0 Å². The molecule has 0 bridgehead atoms. The third-order valence-corrected chi connectivity index (χ3v) is 3.87. The van der Waals surface area contributed by atoms with E-state index >= 15 is 0 Å². The number of rotatable bonds is 2. The molecule has 1 fully saturated rings. The summed E-state index contributed by atoms with van der Waals surface area (Å²) in [6, 6.07) is 5.99. The van der Waals surface area contributed by atoms with Gasteiger partial charge in [-0.3, -0.25) is 0 Å². The van der Waals surface area contributed by atoms with Crippen molar-refractivity contribution in [1.82, 2.24) is 9.55 Å². The Labute approximate surface area is 106 Å². The first-order chi connectivity index (χ1) is 8.75. The summed E-state index contributed by atoms with van der Waals surface area (Å²) in [6.45, 7) is 0. The fourth-order valence-corrected chi connectivity index (χ4v) is 2.86. The van der Waals surface area contributed by atoms with Crippen molar-refractivity contribution < 1.29 is 10.0 Å². The molecule has 1 heterocycles. The van der Waals surface area contributed by atoms with E-state index in [2.05, 4.69) is 9.55 Å². The third kappa shape index (κ3) is 2.04. The smallest absolute Gasteiger partial charge is 0.423 e. The molecule has 0 amide bonds. The summed E-state index contributed by atoms with van der Waals surface area (Å²) < 4.78 is 2.24. The highest BCUT2D eigenvalue weighted by molar-refractivity contribution is 6.58. The van der Waals surface area contributed by atoms with Gasteiger partial charge in [-0.05, 0) is 30.4 Å². The Kier molecular flexibility index (Phi) is 3.10. The van der Waals surface area contributed by atoms with Crippen molar-refractivity contribution in [2.24, 2.45) is 0 Å². The third-order valence-electron chi connectivity index (χ3n) is 3.87. The molecule has 3 rings (SSSR count). The Hall–Kier alpha value is -1.33. The first kappa shape index (κ1) is 11.7. The quantitative estimate of drug-likeness (QED) is 0.781. The lowest BCUT2D eigenvalue weighted by atomic mass is 9.80. The van der Waals surface area contributed by atoms with E-state index in [1.807, 2.05) is 12.4 Å². The summed E-state index contributed by atoms with van der Waals surface area (Å²) >= 11 is 0. The molecule has 18 heavy (non-hydrogen) atoms. The molecular weight excluding hydrogens is 227 g/mol. The number of hydrogen-bond acceptors (Lipinski definition) is 3. The van der Waals surface area contributed by atoms with E-state index in [0.717, 1.165) is 11.0 Å². The van der Waals surface area contributed by atoms with Gasteiger partial charge in [0.25, 0.3) is 0 Å². The maximum Gasteiger partial charge on any atom is 0.488 e. The molecule has 1 aliphatic carbocycles. The highest BCUT2D eigenvalue weighted by Gasteiger charge is 2.18. The largest absolute Gasteiger partial charge is 0.488 e. The normalized spacial score (nSPS) is 17.2. The zero-order valence-corrected chi connectivity index (χ0v) is 10.3. The molecule has 5 heteroatoms. The Balaban J connectivity index is 1.98. The van der Waals surface area contributed by atoms with E-state index in [0.29, 0.717) is 11.5 Å². The average molecular weight is 244 g/mol. The lowest BCUT2D eigenvalue weighted by Crippen LogP contribution is -2.29. The Morgan fingerprint density at radius 2 is 1.94 bits per heavy atom. The second-order valence-electron chi connectivity index (χ2n) is 5.07. The zero-order valence-electron chi connectivity index (χ0n) is 10.3. The van der Waals surface area contributed by atoms with Gasteiger partial charge in [-0.2, -0.15) is 0 Å². The van der Waals surface area contributed by atoms with Crippen molar-refractivity contribution in [2.45, 2.75) is 38.1 Å². The van der Waals surface area contributed by atoms with Crippen LogP contribution in [0.5, 0.6) is 0 Å². The predicted octanol–water partition coefficient (Wildman–Crippen LogP) is 1.22. The summed E-state index contributed by atoms with van der Waals surface area (Å²) in [6.07, 6.45) is 8.24. The molecule has 0 aliphatic heterocycles. The van der Waals surface area contributed by atoms with Crippen LogP contribution in [0.15, 0.2) is 24.5 Å². The van der Waals surface area contributed by atoms with Gasteiger partial charge in [0, 0.05) is 6.04 Å². The first-order valence-electron chi connectivity index (χ1n) is 6.58. The second kappa shape index (κ2) is 4.74. The van der Waals surface area contributed by atoms with Gasteiger partial charge in [0.1, 0.15) is 0 Å². The number of nitrogens with zero attached hydrogens (tertiary/aromatic N) is 2. The molecule has 1 saturated carbocycles. The van der Waals surface area contributed by atoms with Gasteiger partial charge in [-0.1, -0.05) is 25.3 Å². The Morgan fingerprint density at radius 1 is 1.17 bits per heavy atom. The van der Waals surface area contributed by atoms with E-state index in [1.54, 1.807) is 12.1 Å². The SMILES string of the molecule is OB(O)c1ccc2c(c1)ncn2C1CCCCC1. The van der Waals surface area contributed by atoms with E-state index in [9.17, 15) is 0 Å². The second-order valence-corrected chi connectivity index (χ2v) is 5.07. The molecule has 0 radical (unpaired) electrons. The van der Waals surface area contributed by atoms with Crippen LogP contribution < -0.4 is 5.46 Å². The lowest BCUT2D eigenvalue weighted by molar-refractivity contribution is 0.359. The minimum absolute atomic E-state index is 0.497. The molecule has 2 N–H and O–H groups in total. The van der Waals surface area contributed by atoms with Gasteiger partial charge in [0.15, 0.2) is 0 Å². The summed E-state index contributed by atoms with van der Waals surface area (Å²) in [5, 5.41) is 18.3. The van der Waals surface area contributed by atoms with E-state index in [4.69, 9.17) is 10.0 Å². The molecule has 1 aromatic heterocycles. The fraction of sp³-hybridized carbons (Fsp3) is 0.462. The summed E-state index contributed by atoms with van der Waals surface area (Å²) in [7, 11) is -1.42. The summed E-state index contributed by atoms with van der Waals surface area (Å²) in [4.78, 5) is 4.38. The van der Waals surface area contributed by atoms with Gasteiger partial charge < -0.3 is 14.6 Å². The molecule has 1 aliphatic rings. The standard InChI is InChI=1S/C13H17BN2O2/c17-14(18)10-6-7-13-12(8-10)15-9-16(13)11-4-2-1-3-5-11/h6-9,11,17-18H,1-5H2. The number of benzene rings is 1. The predicted molar refractivity (Wildman–Crippen MR) is 71.7 cm³/mol. The monoisotopic (exact) mass is 244 g/mol. The molecule has 2 aromatic rings. The number of fused-ring (bicyclic) bond motifs is 1. The Morgan fingerprint density at radius 3 is 2.67 bits per heavy atom. The van der Waals surface area contributed by atoms with Gasteiger partial charge in [-0.15, -0.1) is 0 Å². The van der Waals surface area contributed by atoms with E-state index in [-0.39, 0.29) is 0 Å². The average Bonchev–Trinajstić information content (AvgIpc) is 2.82. The van der Waals surface area contributed by atoms with Crippen LogP contribution in [0.3, 0.4) is 0 Å². The summed E-state index contributed by atoms with van der Waals surface area (Å²) in [5.41, 5.74) is 2.42. The lowest BCUT2D eigenvalue weighted by Gasteiger charge is -2.23. The van der Waals surface area contributed by atoms with Crippen LogP contribution in [0, 0.1) is 0 Å². The van der Waals surface area contributed by atoms with Crippen LogP contribution in [0.25, 0.3) is 11.0 Å². The number of aromatic nitrogens is 2. The van der Waals surface area contributed by atoms with Crippen LogP contribution in [0.4, 0.5) is 0 Å². The van der Waals surface area contributed by atoms with Crippen molar-refractivity contribution in [1.29, 1.82) is 0 Å². The maximum absolute atomic E-state index is 9.16. The van der Waals surface area contributed by atoms with Gasteiger partial charge in [-0.25, -0.2) is 4.98 Å². The van der Waals surface area contributed by atoms with Crippen LogP contribution in [-0.4, -0.2) is 26.7 Å². The molecule has 0 atom stereocenters. The zero-order chi connectivity index (χ0) is 12.5. The molecule has 0 spiro atoms. The Bertz CT molecular complexity index is 547. The molecule has 4 nitrogen and oxygen atoms in total. The van der Waals surface area contributed by atoms with Crippen molar-refractivity contribution in [3.8, 4) is 0 Å². The van der Waals surface area contributed by atoms with E-state index in [1.165, 1.54) is 32.1 Å². The molecule has 0 unspecified atom stereocenters. The molecular formula is C13H17BN2O2. The van der Waals surface area contributed by atoms with Crippen molar-refractivity contribution in [3.63, 3.8) is 0 Å². The van der Waals surface area contributed by atoms with Gasteiger partial charge in [0.05, 0.1) is 17.4 Å². The van der Waals surface area contributed by atoms with Crippen molar-refractivity contribution in [2.75, 3.05) is 0 Å². The molecule has 94 valence electrons. The van der Waals surface area contributed by atoms with Crippen LogP contribution in [0.1, 0.15) is 38.1 Å².